The first-order valence-electron chi connectivity index (χ1n) is 9.72. The minimum Gasteiger partial charge on any atom is -0.381 e. The number of hydrogen-bond donors (Lipinski definition) is 0. The van der Waals surface area contributed by atoms with Crippen LogP contribution in [-0.2, 0) is 17.6 Å². The highest BCUT2D eigenvalue weighted by Gasteiger charge is 2.30. The number of fused-ring (bicyclic) bond motifs is 1. The van der Waals surface area contributed by atoms with Crippen LogP contribution in [-0.4, -0.2) is 46.9 Å². The van der Waals surface area contributed by atoms with E-state index in [9.17, 15) is 4.79 Å². The number of amides is 1. The maximum atomic E-state index is 13.3. The molecule has 0 radical (unpaired) electrons. The second kappa shape index (κ2) is 7.23. The third-order valence-electron chi connectivity index (χ3n) is 5.65. The van der Waals surface area contributed by atoms with Gasteiger partial charge in [-0.1, -0.05) is 18.2 Å². The van der Waals surface area contributed by atoms with Crippen molar-refractivity contribution in [1.82, 2.24) is 14.7 Å². The van der Waals surface area contributed by atoms with Gasteiger partial charge in [-0.3, -0.25) is 4.79 Å². The fourth-order valence-corrected chi connectivity index (χ4v) is 4.15. The lowest BCUT2D eigenvalue weighted by atomic mass is 10.1. The molecule has 1 aliphatic carbocycles. The van der Waals surface area contributed by atoms with Crippen molar-refractivity contribution in [2.75, 3.05) is 26.3 Å². The summed E-state index contributed by atoms with van der Waals surface area (Å²) in [5.41, 5.74) is 5.28. The Kier molecular flexibility index (Phi) is 4.81. The van der Waals surface area contributed by atoms with Crippen molar-refractivity contribution in [1.29, 1.82) is 0 Å². The Morgan fingerprint density at radius 2 is 2.19 bits per heavy atom. The van der Waals surface area contributed by atoms with E-state index >= 15 is 0 Å². The van der Waals surface area contributed by atoms with Crippen LogP contribution >= 0.6 is 0 Å². The summed E-state index contributed by atoms with van der Waals surface area (Å²) in [6.07, 6.45) is 4.08. The summed E-state index contributed by atoms with van der Waals surface area (Å²) in [7, 11) is 0. The highest BCUT2D eigenvalue weighted by atomic mass is 16.5. The highest BCUT2D eigenvalue weighted by Crippen LogP contribution is 2.30. The number of benzene rings is 1. The summed E-state index contributed by atoms with van der Waals surface area (Å²) in [6, 6.07) is 8.25. The molecular formula is C21H27N3O2. The van der Waals surface area contributed by atoms with Crippen molar-refractivity contribution in [3.05, 3.63) is 46.8 Å². The second-order valence-electron chi connectivity index (χ2n) is 7.40. The molecular weight excluding hydrogens is 326 g/mol. The third kappa shape index (κ3) is 3.05. The van der Waals surface area contributed by atoms with Gasteiger partial charge in [0.1, 0.15) is 0 Å². The average Bonchev–Trinajstić information content (AvgIpc) is 3.37. The maximum absolute atomic E-state index is 13.3. The Labute approximate surface area is 154 Å². The van der Waals surface area contributed by atoms with Crippen LogP contribution in [0.1, 0.15) is 47.1 Å². The van der Waals surface area contributed by atoms with Crippen LogP contribution in [0.5, 0.6) is 0 Å². The molecule has 1 amide bonds. The molecule has 26 heavy (non-hydrogen) atoms. The normalized spacial score (nSPS) is 18.9. The van der Waals surface area contributed by atoms with E-state index in [2.05, 4.69) is 19.1 Å². The fraction of sp³-hybridized carbons (Fsp3) is 0.524. The molecule has 0 saturated carbocycles. The lowest BCUT2D eigenvalue weighted by molar-refractivity contribution is 0.0723. The number of nitrogens with zero attached hydrogens (tertiary/aromatic N) is 3. The Hall–Kier alpha value is -2.14. The zero-order chi connectivity index (χ0) is 18.1. The number of hydrogen-bond acceptors (Lipinski definition) is 3. The van der Waals surface area contributed by atoms with Crippen LogP contribution in [0.2, 0.25) is 0 Å². The molecule has 1 aliphatic heterocycles. The fourth-order valence-electron chi connectivity index (χ4n) is 4.15. The van der Waals surface area contributed by atoms with E-state index in [1.165, 1.54) is 11.3 Å². The van der Waals surface area contributed by atoms with Crippen molar-refractivity contribution in [2.24, 2.45) is 5.92 Å². The molecule has 1 aromatic heterocycles. The number of rotatable bonds is 5. The Bertz CT molecular complexity index is 806. The van der Waals surface area contributed by atoms with E-state index in [1.807, 2.05) is 28.6 Å². The molecule has 1 atom stereocenters. The molecule has 2 heterocycles. The Morgan fingerprint density at radius 1 is 1.35 bits per heavy atom. The number of para-hydroxylation sites is 1. The van der Waals surface area contributed by atoms with Gasteiger partial charge >= 0.3 is 0 Å². The average molecular weight is 353 g/mol. The van der Waals surface area contributed by atoms with Gasteiger partial charge in [0.05, 0.1) is 12.3 Å². The van der Waals surface area contributed by atoms with Gasteiger partial charge in [0.15, 0.2) is 5.69 Å². The lowest BCUT2D eigenvalue weighted by Gasteiger charge is -2.23. The van der Waals surface area contributed by atoms with Gasteiger partial charge in [0, 0.05) is 36.9 Å². The number of carbonyl (C=O) groups is 1. The van der Waals surface area contributed by atoms with Crippen molar-refractivity contribution in [3.63, 3.8) is 0 Å². The van der Waals surface area contributed by atoms with E-state index in [4.69, 9.17) is 9.84 Å². The van der Waals surface area contributed by atoms with Gasteiger partial charge in [-0.15, -0.1) is 0 Å². The predicted molar refractivity (Wildman–Crippen MR) is 101 cm³/mol. The van der Waals surface area contributed by atoms with E-state index in [0.717, 1.165) is 56.7 Å². The summed E-state index contributed by atoms with van der Waals surface area (Å²) in [5, 5.41) is 4.80. The zero-order valence-corrected chi connectivity index (χ0v) is 15.7. The molecule has 5 heteroatoms. The molecule has 1 aromatic carbocycles. The van der Waals surface area contributed by atoms with E-state index in [0.29, 0.717) is 18.2 Å². The van der Waals surface area contributed by atoms with Crippen LogP contribution < -0.4 is 0 Å². The van der Waals surface area contributed by atoms with Gasteiger partial charge in [0.2, 0.25) is 0 Å². The Morgan fingerprint density at radius 3 is 2.92 bits per heavy atom. The van der Waals surface area contributed by atoms with Crippen LogP contribution in [0, 0.1) is 12.8 Å². The quantitative estimate of drug-likeness (QED) is 0.829. The smallest absolute Gasteiger partial charge is 0.274 e. The number of carbonyl (C=O) groups excluding carboxylic acids is 1. The number of aryl methyl sites for hydroxylation is 1. The largest absolute Gasteiger partial charge is 0.381 e. The van der Waals surface area contributed by atoms with Crippen molar-refractivity contribution in [2.45, 2.75) is 39.5 Å². The van der Waals surface area contributed by atoms with Gasteiger partial charge in [-0.05, 0) is 51.2 Å². The molecule has 0 N–H and O–H groups in total. The van der Waals surface area contributed by atoms with E-state index < -0.39 is 0 Å². The summed E-state index contributed by atoms with van der Waals surface area (Å²) in [5.74, 6) is 0.523. The van der Waals surface area contributed by atoms with E-state index in [1.54, 1.807) is 0 Å². The van der Waals surface area contributed by atoms with Crippen LogP contribution in [0.3, 0.4) is 0 Å². The molecule has 1 unspecified atom stereocenters. The molecule has 2 aromatic rings. The maximum Gasteiger partial charge on any atom is 0.274 e. The second-order valence-corrected chi connectivity index (χ2v) is 7.40. The molecule has 5 nitrogen and oxygen atoms in total. The first-order valence-corrected chi connectivity index (χ1v) is 9.72. The van der Waals surface area contributed by atoms with Gasteiger partial charge in [-0.25, -0.2) is 4.68 Å². The highest BCUT2D eigenvalue weighted by molar-refractivity contribution is 5.94. The first-order chi connectivity index (χ1) is 12.7. The zero-order valence-electron chi connectivity index (χ0n) is 15.7. The molecule has 1 fully saturated rings. The minimum atomic E-state index is 0.0740. The van der Waals surface area contributed by atoms with Gasteiger partial charge < -0.3 is 9.64 Å². The predicted octanol–water partition coefficient (Wildman–Crippen LogP) is 3.17. The molecule has 2 aliphatic rings. The van der Waals surface area contributed by atoms with Crippen LogP contribution in [0.25, 0.3) is 5.69 Å². The standard InChI is InChI=1S/C21H27N3O2/c1-3-23(13-16-11-12-26-14-16)21(25)20-17-8-6-10-19(17)24(22-20)18-9-5-4-7-15(18)2/h4-5,7,9,16H,3,6,8,10-14H2,1-2H3. The summed E-state index contributed by atoms with van der Waals surface area (Å²) in [6.45, 7) is 7.19. The van der Waals surface area contributed by atoms with E-state index in [-0.39, 0.29) is 5.91 Å². The van der Waals surface area contributed by atoms with Gasteiger partial charge in [-0.2, -0.15) is 5.10 Å². The Balaban J connectivity index is 1.67. The van der Waals surface area contributed by atoms with Crippen molar-refractivity contribution >= 4 is 5.91 Å². The van der Waals surface area contributed by atoms with Crippen molar-refractivity contribution < 1.29 is 9.53 Å². The molecule has 4 rings (SSSR count). The topological polar surface area (TPSA) is 47.4 Å². The number of ether oxygens (including phenoxy) is 1. The first kappa shape index (κ1) is 17.3. The van der Waals surface area contributed by atoms with Crippen molar-refractivity contribution in [3.8, 4) is 5.69 Å². The molecule has 138 valence electrons. The SMILES string of the molecule is CCN(CC1CCOC1)C(=O)c1nn(-c2ccccc2C)c2c1CCC2. The molecule has 0 bridgehead atoms. The lowest BCUT2D eigenvalue weighted by Crippen LogP contribution is -2.36. The van der Waals surface area contributed by atoms with Crippen LogP contribution in [0.15, 0.2) is 24.3 Å². The summed E-state index contributed by atoms with van der Waals surface area (Å²) < 4.78 is 7.49. The van der Waals surface area contributed by atoms with Gasteiger partial charge in [0.25, 0.3) is 5.91 Å². The number of aromatic nitrogens is 2. The summed E-state index contributed by atoms with van der Waals surface area (Å²) >= 11 is 0. The monoisotopic (exact) mass is 353 g/mol. The minimum absolute atomic E-state index is 0.0740. The molecule has 1 saturated heterocycles. The van der Waals surface area contributed by atoms with Crippen LogP contribution in [0.4, 0.5) is 0 Å². The molecule has 0 spiro atoms. The summed E-state index contributed by atoms with van der Waals surface area (Å²) in [4.78, 5) is 15.2. The third-order valence-corrected chi connectivity index (χ3v) is 5.65.